The summed E-state index contributed by atoms with van der Waals surface area (Å²) in [5, 5.41) is 15.4. The first-order valence-corrected chi connectivity index (χ1v) is 7.41. The van der Waals surface area contributed by atoms with Gasteiger partial charge in [-0.2, -0.15) is 4.98 Å². The SMILES string of the molecule is Cl.NC1(c2noc(-c3cc(=O)[nH]c4ccc([N+](=O)[O-])cc34)n2)CCC1. The van der Waals surface area contributed by atoms with Gasteiger partial charge in [-0.05, 0) is 25.3 Å². The summed E-state index contributed by atoms with van der Waals surface area (Å²) in [7, 11) is 0. The van der Waals surface area contributed by atoms with Crippen LogP contribution in [0.2, 0.25) is 0 Å². The van der Waals surface area contributed by atoms with Crippen LogP contribution in [0.3, 0.4) is 0 Å². The van der Waals surface area contributed by atoms with E-state index in [4.69, 9.17) is 10.3 Å². The van der Waals surface area contributed by atoms with Crippen molar-refractivity contribution in [3.63, 3.8) is 0 Å². The first-order valence-electron chi connectivity index (χ1n) is 7.41. The second-order valence-electron chi connectivity index (χ2n) is 5.97. The number of pyridine rings is 1. The van der Waals surface area contributed by atoms with Crippen molar-refractivity contribution < 1.29 is 9.45 Å². The van der Waals surface area contributed by atoms with E-state index in [-0.39, 0.29) is 29.5 Å². The molecule has 2 heterocycles. The van der Waals surface area contributed by atoms with Gasteiger partial charge in [-0.3, -0.25) is 14.9 Å². The van der Waals surface area contributed by atoms with Gasteiger partial charge in [-0.25, -0.2) is 0 Å². The van der Waals surface area contributed by atoms with Crippen LogP contribution in [0, 0.1) is 10.1 Å². The number of aromatic nitrogens is 3. The van der Waals surface area contributed by atoms with Crippen LogP contribution in [0.5, 0.6) is 0 Å². The van der Waals surface area contributed by atoms with E-state index >= 15 is 0 Å². The van der Waals surface area contributed by atoms with Crippen molar-refractivity contribution in [3.05, 3.63) is 50.6 Å². The van der Waals surface area contributed by atoms with E-state index in [0.29, 0.717) is 22.3 Å². The van der Waals surface area contributed by atoms with Gasteiger partial charge in [0.05, 0.1) is 16.0 Å². The van der Waals surface area contributed by atoms with Gasteiger partial charge in [0.25, 0.3) is 11.6 Å². The zero-order valence-corrected chi connectivity index (χ0v) is 13.7. The molecule has 0 unspecified atom stereocenters. The van der Waals surface area contributed by atoms with Crippen LogP contribution in [-0.2, 0) is 5.54 Å². The maximum atomic E-state index is 11.9. The molecule has 1 saturated carbocycles. The number of nitro groups is 1. The largest absolute Gasteiger partial charge is 0.334 e. The molecule has 1 aliphatic rings. The molecule has 0 amide bonds. The van der Waals surface area contributed by atoms with Crippen LogP contribution in [0.4, 0.5) is 5.69 Å². The lowest BCUT2D eigenvalue weighted by Crippen LogP contribution is -2.44. The van der Waals surface area contributed by atoms with Crippen LogP contribution in [0.15, 0.2) is 33.6 Å². The molecule has 1 fully saturated rings. The minimum atomic E-state index is -0.593. The van der Waals surface area contributed by atoms with Gasteiger partial charge >= 0.3 is 0 Å². The molecule has 0 radical (unpaired) electrons. The molecule has 25 heavy (non-hydrogen) atoms. The fraction of sp³-hybridized carbons (Fsp3) is 0.267. The quantitative estimate of drug-likeness (QED) is 0.536. The Morgan fingerprint density at radius 3 is 2.72 bits per heavy atom. The number of hydrogen-bond donors (Lipinski definition) is 2. The minimum Gasteiger partial charge on any atom is -0.334 e. The molecule has 3 aromatic rings. The number of aromatic amines is 1. The summed E-state index contributed by atoms with van der Waals surface area (Å²) >= 11 is 0. The number of benzene rings is 1. The van der Waals surface area contributed by atoms with E-state index in [1.54, 1.807) is 0 Å². The summed E-state index contributed by atoms with van der Waals surface area (Å²) in [6, 6.07) is 5.45. The molecular weight excluding hydrogens is 350 g/mol. The first-order chi connectivity index (χ1) is 11.5. The molecule has 4 rings (SSSR count). The summed E-state index contributed by atoms with van der Waals surface area (Å²) in [5.41, 5.74) is 5.93. The molecule has 1 aliphatic carbocycles. The van der Waals surface area contributed by atoms with Crippen LogP contribution >= 0.6 is 12.4 Å². The van der Waals surface area contributed by atoms with E-state index in [1.807, 2.05) is 0 Å². The number of H-pyrrole nitrogens is 1. The Kier molecular flexibility index (Phi) is 4.05. The molecule has 0 saturated heterocycles. The van der Waals surface area contributed by atoms with Crippen LogP contribution in [0.1, 0.15) is 25.1 Å². The topological polar surface area (TPSA) is 141 Å². The van der Waals surface area contributed by atoms with Crippen molar-refractivity contribution in [1.29, 1.82) is 0 Å². The van der Waals surface area contributed by atoms with E-state index < -0.39 is 10.5 Å². The number of fused-ring (bicyclic) bond motifs is 1. The summed E-state index contributed by atoms with van der Waals surface area (Å²) in [5.74, 6) is 0.515. The summed E-state index contributed by atoms with van der Waals surface area (Å²) in [6.45, 7) is 0. The predicted molar refractivity (Wildman–Crippen MR) is 91.5 cm³/mol. The van der Waals surface area contributed by atoms with Crippen LogP contribution in [-0.4, -0.2) is 20.0 Å². The van der Waals surface area contributed by atoms with Crippen molar-refractivity contribution in [1.82, 2.24) is 15.1 Å². The molecule has 1 aromatic carbocycles. The highest BCUT2D eigenvalue weighted by molar-refractivity contribution is 5.93. The van der Waals surface area contributed by atoms with Crippen molar-refractivity contribution in [2.24, 2.45) is 5.73 Å². The van der Waals surface area contributed by atoms with Gasteiger partial charge in [-0.1, -0.05) is 5.16 Å². The highest BCUT2D eigenvalue weighted by Gasteiger charge is 2.39. The number of non-ortho nitro benzene ring substituents is 1. The molecule has 10 heteroatoms. The number of nitrogens with one attached hydrogen (secondary N) is 1. The Hall–Kier alpha value is -2.78. The zero-order chi connectivity index (χ0) is 16.9. The molecule has 0 spiro atoms. The second-order valence-corrected chi connectivity index (χ2v) is 5.97. The predicted octanol–water partition coefficient (Wildman–Crippen LogP) is 2.25. The third-order valence-corrected chi connectivity index (χ3v) is 4.38. The molecule has 0 aliphatic heterocycles. The Balaban J connectivity index is 0.00000182. The number of nitrogens with zero attached hydrogens (tertiary/aromatic N) is 3. The molecule has 3 N–H and O–H groups in total. The van der Waals surface area contributed by atoms with Gasteiger partial charge < -0.3 is 15.2 Å². The van der Waals surface area contributed by atoms with E-state index in [1.165, 1.54) is 24.3 Å². The molecule has 130 valence electrons. The third-order valence-electron chi connectivity index (χ3n) is 4.38. The summed E-state index contributed by atoms with van der Waals surface area (Å²) in [6.07, 6.45) is 2.54. The Morgan fingerprint density at radius 2 is 2.08 bits per heavy atom. The highest BCUT2D eigenvalue weighted by atomic mass is 35.5. The van der Waals surface area contributed by atoms with E-state index in [0.717, 1.165) is 19.3 Å². The Morgan fingerprint density at radius 1 is 1.32 bits per heavy atom. The van der Waals surface area contributed by atoms with E-state index in [9.17, 15) is 14.9 Å². The van der Waals surface area contributed by atoms with Crippen LogP contribution in [0.25, 0.3) is 22.4 Å². The zero-order valence-electron chi connectivity index (χ0n) is 12.9. The molecule has 0 bridgehead atoms. The number of hydrogen-bond acceptors (Lipinski definition) is 7. The fourth-order valence-electron chi connectivity index (χ4n) is 2.85. The number of nitrogens with two attached hydrogens (primary N) is 1. The lowest BCUT2D eigenvalue weighted by atomic mass is 9.77. The van der Waals surface area contributed by atoms with Gasteiger partial charge in [0.1, 0.15) is 0 Å². The smallest absolute Gasteiger partial charge is 0.270 e. The van der Waals surface area contributed by atoms with Gasteiger partial charge in [0, 0.05) is 29.1 Å². The molecular formula is C15H14ClN5O4. The first kappa shape index (κ1) is 17.1. The van der Waals surface area contributed by atoms with Gasteiger partial charge in [0.15, 0.2) is 5.82 Å². The lowest BCUT2D eigenvalue weighted by molar-refractivity contribution is -0.384. The number of halogens is 1. The van der Waals surface area contributed by atoms with Gasteiger partial charge in [-0.15, -0.1) is 12.4 Å². The average molecular weight is 364 g/mol. The Bertz CT molecular complexity index is 1020. The van der Waals surface area contributed by atoms with Crippen molar-refractivity contribution in [2.75, 3.05) is 0 Å². The van der Waals surface area contributed by atoms with Gasteiger partial charge in [0.2, 0.25) is 5.56 Å². The minimum absolute atomic E-state index is 0. The lowest BCUT2D eigenvalue weighted by Gasteiger charge is -2.34. The normalized spacial score (nSPS) is 15.4. The maximum Gasteiger partial charge on any atom is 0.270 e. The monoisotopic (exact) mass is 363 g/mol. The molecule has 2 aromatic heterocycles. The number of rotatable bonds is 3. The van der Waals surface area contributed by atoms with Crippen LogP contribution < -0.4 is 11.3 Å². The highest BCUT2D eigenvalue weighted by Crippen LogP contribution is 2.38. The van der Waals surface area contributed by atoms with Crippen molar-refractivity contribution in [2.45, 2.75) is 24.8 Å². The van der Waals surface area contributed by atoms with Crippen molar-refractivity contribution in [3.8, 4) is 11.5 Å². The second kappa shape index (κ2) is 5.94. The Labute approximate surface area is 146 Å². The summed E-state index contributed by atoms with van der Waals surface area (Å²) < 4.78 is 5.27. The average Bonchev–Trinajstić information content (AvgIpc) is 3.01. The third kappa shape index (κ3) is 2.77. The molecule has 9 nitrogen and oxygen atoms in total. The molecule has 0 atom stereocenters. The maximum absolute atomic E-state index is 11.9. The van der Waals surface area contributed by atoms with Crippen molar-refractivity contribution >= 4 is 29.0 Å². The number of nitro benzene ring substituents is 1. The fourth-order valence-corrected chi connectivity index (χ4v) is 2.85. The standard InChI is InChI=1S/C15H13N5O4.ClH/c16-15(4-1-5-15)14-18-13(24-19-14)10-7-12(21)17-11-3-2-8(20(22)23)6-9(10)11;/h2-3,6-7H,1,4-5,16H2,(H,17,21);1H. The van der Waals surface area contributed by atoms with E-state index in [2.05, 4.69) is 15.1 Å². The summed E-state index contributed by atoms with van der Waals surface area (Å²) in [4.78, 5) is 29.3.